The van der Waals surface area contributed by atoms with E-state index < -0.39 is 0 Å². The van der Waals surface area contributed by atoms with E-state index in [1.807, 2.05) is 32.2 Å². The minimum absolute atomic E-state index is 0.301. The number of aromatic nitrogens is 5. The molecule has 7 heteroatoms. The molecule has 0 bridgehead atoms. The van der Waals surface area contributed by atoms with Crippen LogP contribution in [-0.4, -0.2) is 36.8 Å². The standard InChI is InChI=1S/C17H20N6O/c1-11-16(12(2)24-22-11)17-18-7-6-14(20-17)15-4-3-9-23(15)10-13-5-8-19-21-13/h5-8,15H,3-4,9-10H2,1-2H3,(H,19,21). The third-order valence-corrected chi connectivity index (χ3v) is 4.57. The maximum absolute atomic E-state index is 5.25. The smallest absolute Gasteiger partial charge is 0.164 e. The molecule has 1 unspecified atom stereocenters. The predicted octanol–water partition coefficient (Wildman–Crippen LogP) is 2.81. The van der Waals surface area contributed by atoms with Gasteiger partial charge in [0.1, 0.15) is 5.76 Å². The van der Waals surface area contributed by atoms with Crippen LogP contribution in [0.5, 0.6) is 0 Å². The van der Waals surface area contributed by atoms with Crippen molar-refractivity contribution in [3.63, 3.8) is 0 Å². The fourth-order valence-electron chi connectivity index (χ4n) is 3.42. The molecule has 4 heterocycles. The molecule has 1 atom stereocenters. The van der Waals surface area contributed by atoms with Crippen LogP contribution < -0.4 is 0 Å². The van der Waals surface area contributed by atoms with Gasteiger partial charge >= 0.3 is 0 Å². The van der Waals surface area contributed by atoms with Crippen LogP contribution in [0.15, 0.2) is 29.0 Å². The Kier molecular flexibility index (Phi) is 3.86. The van der Waals surface area contributed by atoms with Crippen LogP contribution in [0.2, 0.25) is 0 Å². The molecule has 0 saturated carbocycles. The van der Waals surface area contributed by atoms with Crippen LogP contribution in [0.25, 0.3) is 11.4 Å². The molecule has 3 aromatic rings. The van der Waals surface area contributed by atoms with Gasteiger partial charge in [0, 0.05) is 24.6 Å². The van der Waals surface area contributed by atoms with Gasteiger partial charge in [-0.15, -0.1) is 0 Å². The van der Waals surface area contributed by atoms with Crippen molar-refractivity contribution >= 4 is 0 Å². The monoisotopic (exact) mass is 324 g/mol. The summed E-state index contributed by atoms with van der Waals surface area (Å²) in [5.41, 5.74) is 3.90. The molecule has 1 fully saturated rings. The fourth-order valence-corrected chi connectivity index (χ4v) is 3.42. The normalized spacial score (nSPS) is 18.3. The van der Waals surface area contributed by atoms with Gasteiger partial charge in [0.2, 0.25) is 0 Å². The molecular formula is C17H20N6O. The minimum atomic E-state index is 0.301. The summed E-state index contributed by atoms with van der Waals surface area (Å²) in [6, 6.07) is 4.33. The molecule has 4 rings (SSSR count). The quantitative estimate of drug-likeness (QED) is 0.794. The molecule has 0 radical (unpaired) electrons. The Morgan fingerprint density at radius 2 is 2.21 bits per heavy atom. The molecule has 0 spiro atoms. The lowest BCUT2D eigenvalue weighted by Crippen LogP contribution is -2.23. The lowest BCUT2D eigenvalue weighted by Gasteiger charge is -2.23. The average Bonchev–Trinajstić information content (AvgIpc) is 3.31. The van der Waals surface area contributed by atoms with Crippen molar-refractivity contribution in [3.8, 4) is 11.4 Å². The number of aryl methyl sites for hydroxylation is 2. The Labute approximate surface area is 140 Å². The summed E-state index contributed by atoms with van der Waals surface area (Å²) in [6.45, 7) is 5.73. The number of nitrogens with one attached hydrogen (secondary N) is 1. The van der Waals surface area contributed by atoms with Gasteiger partial charge in [-0.2, -0.15) is 5.10 Å². The highest BCUT2D eigenvalue weighted by Gasteiger charge is 2.28. The Morgan fingerprint density at radius 1 is 1.29 bits per heavy atom. The number of aromatic amines is 1. The molecule has 7 nitrogen and oxygen atoms in total. The van der Waals surface area contributed by atoms with Crippen molar-refractivity contribution in [2.75, 3.05) is 6.54 Å². The summed E-state index contributed by atoms with van der Waals surface area (Å²) >= 11 is 0. The summed E-state index contributed by atoms with van der Waals surface area (Å²) in [5.74, 6) is 1.45. The van der Waals surface area contributed by atoms with E-state index in [1.165, 1.54) is 6.42 Å². The highest BCUT2D eigenvalue weighted by Crippen LogP contribution is 2.33. The van der Waals surface area contributed by atoms with Crippen LogP contribution in [0.4, 0.5) is 0 Å². The first kappa shape index (κ1) is 15.0. The molecule has 0 aliphatic carbocycles. The van der Waals surface area contributed by atoms with Crippen LogP contribution >= 0.6 is 0 Å². The topological polar surface area (TPSA) is 83.7 Å². The number of H-pyrrole nitrogens is 1. The van der Waals surface area contributed by atoms with E-state index in [2.05, 4.69) is 25.2 Å². The van der Waals surface area contributed by atoms with E-state index in [1.54, 1.807) is 6.20 Å². The summed E-state index contributed by atoms with van der Waals surface area (Å²) in [5, 5.41) is 11.1. The van der Waals surface area contributed by atoms with Gasteiger partial charge in [0.25, 0.3) is 0 Å². The molecule has 0 aromatic carbocycles. The summed E-state index contributed by atoms with van der Waals surface area (Å²) in [7, 11) is 0. The number of hydrogen-bond acceptors (Lipinski definition) is 6. The first-order chi connectivity index (χ1) is 11.7. The van der Waals surface area contributed by atoms with E-state index >= 15 is 0 Å². The minimum Gasteiger partial charge on any atom is -0.361 e. The largest absolute Gasteiger partial charge is 0.361 e. The third-order valence-electron chi connectivity index (χ3n) is 4.57. The second-order valence-corrected chi connectivity index (χ2v) is 6.21. The number of hydrogen-bond donors (Lipinski definition) is 1. The van der Waals surface area contributed by atoms with E-state index in [0.717, 1.165) is 47.9 Å². The first-order valence-corrected chi connectivity index (χ1v) is 8.21. The van der Waals surface area contributed by atoms with Crippen molar-refractivity contribution in [3.05, 3.63) is 47.4 Å². The SMILES string of the molecule is Cc1noc(C)c1-c1nccc(C2CCCN2Cc2ccn[nH]2)n1. The van der Waals surface area contributed by atoms with Crippen molar-refractivity contribution in [2.24, 2.45) is 0 Å². The Morgan fingerprint density at radius 3 is 2.96 bits per heavy atom. The average molecular weight is 324 g/mol. The number of likely N-dealkylation sites (tertiary alicyclic amines) is 1. The van der Waals surface area contributed by atoms with Crippen LogP contribution in [0, 0.1) is 13.8 Å². The molecular weight excluding hydrogens is 304 g/mol. The van der Waals surface area contributed by atoms with Crippen molar-refractivity contribution in [1.82, 2.24) is 30.2 Å². The molecule has 1 aliphatic heterocycles. The van der Waals surface area contributed by atoms with Gasteiger partial charge in [-0.3, -0.25) is 10.00 Å². The molecule has 0 amide bonds. The van der Waals surface area contributed by atoms with Crippen molar-refractivity contribution < 1.29 is 4.52 Å². The number of rotatable bonds is 4. The second-order valence-electron chi connectivity index (χ2n) is 6.21. The Balaban J connectivity index is 1.63. The van der Waals surface area contributed by atoms with Gasteiger partial charge in [-0.1, -0.05) is 5.16 Å². The van der Waals surface area contributed by atoms with Crippen LogP contribution in [0.1, 0.15) is 41.7 Å². The molecule has 124 valence electrons. The fraction of sp³-hybridized carbons (Fsp3) is 0.412. The summed E-state index contributed by atoms with van der Waals surface area (Å²) < 4.78 is 5.25. The van der Waals surface area contributed by atoms with Gasteiger partial charge in [0.05, 0.1) is 23.0 Å². The maximum Gasteiger partial charge on any atom is 0.164 e. The van der Waals surface area contributed by atoms with Crippen molar-refractivity contribution in [2.45, 2.75) is 39.3 Å². The van der Waals surface area contributed by atoms with Gasteiger partial charge in [0.15, 0.2) is 5.82 Å². The summed E-state index contributed by atoms with van der Waals surface area (Å²) in [4.78, 5) is 11.7. The molecule has 1 N–H and O–H groups in total. The highest BCUT2D eigenvalue weighted by molar-refractivity contribution is 5.59. The predicted molar refractivity (Wildman–Crippen MR) is 88.0 cm³/mol. The Bertz CT molecular complexity index is 806. The zero-order valence-corrected chi connectivity index (χ0v) is 13.9. The van der Waals surface area contributed by atoms with Crippen molar-refractivity contribution in [1.29, 1.82) is 0 Å². The molecule has 1 aliphatic rings. The van der Waals surface area contributed by atoms with Crippen LogP contribution in [-0.2, 0) is 6.54 Å². The molecule has 24 heavy (non-hydrogen) atoms. The van der Waals surface area contributed by atoms with E-state index in [-0.39, 0.29) is 0 Å². The number of nitrogens with zero attached hydrogens (tertiary/aromatic N) is 5. The molecule has 1 saturated heterocycles. The highest BCUT2D eigenvalue weighted by atomic mass is 16.5. The second kappa shape index (κ2) is 6.16. The zero-order chi connectivity index (χ0) is 16.5. The van der Waals surface area contributed by atoms with Gasteiger partial charge in [-0.05, 0) is 45.4 Å². The van der Waals surface area contributed by atoms with E-state index in [0.29, 0.717) is 11.9 Å². The lowest BCUT2D eigenvalue weighted by molar-refractivity contribution is 0.241. The zero-order valence-electron chi connectivity index (χ0n) is 13.9. The van der Waals surface area contributed by atoms with Crippen LogP contribution in [0.3, 0.4) is 0 Å². The Hall–Kier alpha value is -2.54. The van der Waals surface area contributed by atoms with E-state index in [4.69, 9.17) is 9.51 Å². The van der Waals surface area contributed by atoms with E-state index in [9.17, 15) is 0 Å². The first-order valence-electron chi connectivity index (χ1n) is 8.21. The van der Waals surface area contributed by atoms with Gasteiger partial charge in [-0.25, -0.2) is 9.97 Å². The van der Waals surface area contributed by atoms with Gasteiger partial charge < -0.3 is 4.52 Å². The summed E-state index contributed by atoms with van der Waals surface area (Å²) in [6.07, 6.45) is 5.90. The third kappa shape index (κ3) is 2.71. The lowest BCUT2D eigenvalue weighted by atomic mass is 10.1. The molecule has 3 aromatic heterocycles. The maximum atomic E-state index is 5.25.